The number of carbonyl (C=O) groups is 3. The van der Waals surface area contributed by atoms with Crippen LogP contribution in [0.25, 0.3) is 10.8 Å². The number of benzene rings is 6. The molecule has 0 aromatic heterocycles. The van der Waals surface area contributed by atoms with Crippen molar-refractivity contribution < 1.29 is 23.9 Å². The zero-order valence-electron chi connectivity index (χ0n) is 31.4. The van der Waals surface area contributed by atoms with Gasteiger partial charge in [0.1, 0.15) is 11.0 Å². The Morgan fingerprint density at radius 2 is 1.09 bits per heavy atom. The van der Waals surface area contributed by atoms with Crippen molar-refractivity contribution in [2.75, 3.05) is 23.2 Å². The highest BCUT2D eigenvalue weighted by Crippen LogP contribution is 2.79. The molecule has 1 saturated carbocycles. The van der Waals surface area contributed by atoms with Crippen LogP contribution in [-0.2, 0) is 34.8 Å². The molecule has 2 heterocycles. The normalized spacial score (nSPS) is 24.9. The highest BCUT2D eigenvalue weighted by molar-refractivity contribution is 6.45. The van der Waals surface area contributed by atoms with E-state index in [-0.39, 0.29) is 18.9 Å². The third-order valence-electron chi connectivity index (χ3n) is 12.1. The van der Waals surface area contributed by atoms with E-state index in [2.05, 4.69) is 0 Å². The van der Waals surface area contributed by atoms with Gasteiger partial charge in [-0.1, -0.05) is 120 Å². The summed E-state index contributed by atoms with van der Waals surface area (Å²) in [6, 6.07) is 44.1. The van der Waals surface area contributed by atoms with E-state index in [9.17, 15) is 0 Å². The Balaban J connectivity index is 1.51. The van der Waals surface area contributed by atoms with Crippen molar-refractivity contribution in [3.05, 3.63) is 178 Å². The molecule has 4 atom stereocenters. The predicted octanol–water partition coefficient (Wildman–Crippen LogP) is 8.88. The van der Waals surface area contributed by atoms with E-state index in [0.29, 0.717) is 49.4 Å². The highest BCUT2D eigenvalue weighted by Gasteiger charge is 2.99. The third kappa shape index (κ3) is 4.05. The molecule has 0 radical (unpaired) electrons. The maximum Gasteiger partial charge on any atom is 0.343 e. The van der Waals surface area contributed by atoms with Gasteiger partial charge in [-0.2, -0.15) is 10.2 Å². The fourth-order valence-electron chi connectivity index (χ4n) is 10.4. The number of esters is 2. The number of anilines is 2. The first-order valence-corrected chi connectivity index (χ1v) is 19.8. The zero-order chi connectivity index (χ0) is 40.0. The first kappa shape index (κ1) is 36.1. The van der Waals surface area contributed by atoms with Crippen LogP contribution in [-0.4, -0.2) is 47.9 Å². The topological polar surface area (TPSA) is 101 Å². The molecule has 6 aromatic rings. The Labute approximate surface area is 344 Å². The minimum Gasteiger partial charge on any atom is -0.465 e. The third-order valence-corrected chi connectivity index (χ3v) is 12.6. The summed E-state index contributed by atoms with van der Waals surface area (Å²) in [4.78, 5) is 49.2. The molecule has 4 aliphatic rings. The van der Waals surface area contributed by atoms with Crippen molar-refractivity contribution >= 4 is 74.5 Å². The number of para-hydroxylation sites is 2. The highest BCUT2D eigenvalue weighted by atomic mass is 35.5. The van der Waals surface area contributed by atoms with Crippen LogP contribution in [0.5, 0.6) is 0 Å². The van der Waals surface area contributed by atoms with Crippen LogP contribution in [0.4, 0.5) is 11.4 Å². The minimum absolute atomic E-state index is 0.0692. The van der Waals surface area contributed by atoms with Gasteiger partial charge < -0.3 is 9.47 Å². The van der Waals surface area contributed by atoms with E-state index < -0.39 is 39.6 Å². The molecule has 0 saturated heterocycles. The molecule has 2 spiro atoms. The van der Waals surface area contributed by atoms with Crippen molar-refractivity contribution in [2.24, 2.45) is 15.6 Å². The van der Waals surface area contributed by atoms with Crippen molar-refractivity contribution in [2.45, 2.75) is 30.3 Å². The number of hydrogen-bond acceptors (Lipinski definition) is 9. The molecule has 6 aromatic carbocycles. The maximum absolute atomic E-state index is 17.2. The molecular formula is C47H34Cl2N4O5. The van der Waals surface area contributed by atoms with E-state index in [0.717, 1.165) is 10.8 Å². The van der Waals surface area contributed by atoms with E-state index in [1.165, 1.54) is 5.01 Å². The van der Waals surface area contributed by atoms with Gasteiger partial charge in [-0.3, -0.25) is 14.6 Å². The van der Waals surface area contributed by atoms with Crippen molar-refractivity contribution in [3.8, 4) is 0 Å². The molecule has 4 unspecified atom stereocenters. The van der Waals surface area contributed by atoms with Gasteiger partial charge in [0.2, 0.25) is 11.0 Å². The van der Waals surface area contributed by atoms with Gasteiger partial charge in [0.25, 0.3) is 0 Å². The van der Waals surface area contributed by atoms with Crippen LogP contribution in [0.1, 0.15) is 36.1 Å². The monoisotopic (exact) mass is 804 g/mol. The Hall–Kier alpha value is -6.29. The standard InChI is InChI=1S/C47H34Cl2N4O5/c1-3-57-42(55)44-39(30-21-25-32(48)26-22-30)50-53(35-17-9-6-10-18-35)47(44)37-20-12-14-29-13-11-19-36(38(29)37)45(47)40(31-23-27-33(49)28-24-31)51-52(34-15-7-5-8-16-34)46(45,41(44)54)43(56)58-4-2/h5-28H,3-4H2,1-2H3. The lowest BCUT2D eigenvalue weighted by molar-refractivity contribution is -0.159. The molecule has 0 N–H and O–H groups in total. The lowest BCUT2D eigenvalue weighted by Crippen LogP contribution is -2.71. The van der Waals surface area contributed by atoms with Gasteiger partial charge in [0.05, 0.1) is 36.0 Å². The second-order valence-corrected chi connectivity index (χ2v) is 15.5. The fraction of sp³-hybridized carbons (Fsp3) is 0.170. The smallest absolute Gasteiger partial charge is 0.343 e. The summed E-state index contributed by atoms with van der Waals surface area (Å²) in [5.74, 6) is -2.52. The van der Waals surface area contributed by atoms with Gasteiger partial charge >= 0.3 is 11.9 Å². The van der Waals surface area contributed by atoms with Crippen molar-refractivity contribution in [1.29, 1.82) is 0 Å². The second kappa shape index (κ2) is 12.9. The Bertz CT molecular complexity index is 2760. The SMILES string of the molecule is CCOC(=O)C12C(=O)C3(C(=O)OCC)N(c4ccccc4)N=C(c4ccc(Cl)cc4)C34c3cccc5cccc(c35)C14N(c1ccccc1)N=C2c1ccc(Cl)cc1. The molecule has 286 valence electrons. The minimum atomic E-state index is -2.39. The Kier molecular flexibility index (Phi) is 8.00. The van der Waals surface area contributed by atoms with Crippen LogP contribution in [0.2, 0.25) is 10.0 Å². The number of hydrazone groups is 2. The summed E-state index contributed by atoms with van der Waals surface area (Å²) in [5, 5.41) is 16.7. The van der Waals surface area contributed by atoms with Gasteiger partial charge in [0, 0.05) is 10.0 Å². The van der Waals surface area contributed by atoms with Gasteiger partial charge in [-0.25, -0.2) is 9.80 Å². The number of halogens is 2. The zero-order valence-corrected chi connectivity index (χ0v) is 32.9. The lowest BCUT2D eigenvalue weighted by atomic mass is 9.54. The number of rotatable bonds is 8. The number of nitrogens with zero attached hydrogens (tertiary/aromatic N) is 4. The van der Waals surface area contributed by atoms with Crippen molar-refractivity contribution in [3.63, 3.8) is 0 Å². The quantitative estimate of drug-likeness (QED) is 0.112. The van der Waals surface area contributed by atoms with Crippen LogP contribution in [0.3, 0.4) is 0 Å². The van der Waals surface area contributed by atoms with E-state index in [4.69, 9.17) is 42.9 Å². The summed E-state index contributed by atoms with van der Waals surface area (Å²) in [5.41, 5.74) is -4.87. The molecule has 11 heteroatoms. The fourth-order valence-corrected chi connectivity index (χ4v) is 10.6. The largest absolute Gasteiger partial charge is 0.465 e. The molecule has 0 amide bonds. The number of carbonyl (C=O) groups excluding carboxylic acids is 3. The number of ketones is 1. The van der Waals surface area contributed by atoms with Gasteiger partial charge in [0.15, 0.2) is 5.78 Å². The van der Waals surface area contributed by atoms with Gasteiger partial charge in [-0.15, -0.1) is 0 Å². The number of ether oxygens (including phenoxy) is 2. The molecule has 2 aliphatic heterocycles. The van der Waals surface area contributed by atoms with Crippen LogP contribution < -0.4 is 10.0 Å². The summed E-state index contributed by atoms with van der Waals surface area (Å²) in [6.07, 6.45) is 0. The van der Waals surface area contributed by atoms with E-state index in [1.54, 1.807) is 67.4 Å². The molecule has 9 nitrogen and oxygen atoms in total. The molecule has 10 rings (SSSR count). The van der Waals surface area contributed by atoms with Crippen molar-refractivity contribution in [1.82, 2.24) is 0 Å². The summed E-state index contributed by atoms with van der Waals surface area (Å²) < 4.78 is 12.4. The summed E-state index contributed by atoms with van der Waals surface area (Å²) in [6.45, 7) is 3.25. The molecular weight excluding hydrogens is 771 g/mol. The lowest BCUT2D eigenvalue weighted by Gasteiger charge is -2.50. The average molecular weight is 806 g/mol. The Morgan fingerprint density at radius 1 is 0.586 bits per heavy atom. The van der Waals surface area contributed by atoms with Crippen LogP contribution >= 0.6 is 23.2 Å². The first-order valence-electron chi connectivity index (χ1n) is 19.1. The maximum atomic E-state index is 17.2. The average Bonchev–Trinajstić information content (AvgIpc) is 3.89. The molecule has 58 heavy (non-hydrogen) atoms. The molecule has 0 bridgehead atoms. The summed E-state index contributed by atoms with van der Waals surface area (Å²) in [7, 11) is 0. The number of hydrogen-bond donors (Lipinski definition) is 0. The molecule has 2 aliphatic carbocycles. The first-order chi connectivity index (χ1) is 28.3. The van der Waals surface area contributed by atoms with E-state index >= 15 is 14.4 Å². The van der Waals surface area contributed by atoms with Crippen LogP contribution in [0.15, 0.2) is 156 Å². The van der Waals surface area contributed by atoms with Crippen LogP contribution in [0, 0.1) is 5.41 Å². The van der Waals surface area contributed by atoms with Gasteiger partial charge in [-0.05, 0) is 95.4 Å². The van der Waals surface area contributed by atoms with E-state index in [1.807, 2.05) is 97.1 Å². The second-order valence-electron chi connectivity index (χ2n) is 14.6. The summed E-state index contributed by atoms with van der Waals surface area (Å²) >= 11 is 13.0. The molecule has 1 fully saturated rings. The predicted molar refractivity (Wildman–Crippen MR) is 225 cm³/mol. The number of Topliss-reactive ketones (excluding diaryl/α,β-unsaturated/α-hetero) is 1. The Morgan fingerprint density at radius 3 is 1.66 bits per heavy atom.